The molecule has 0 bridgehead atoms. The van der Waals surface area contributed by atoms with E-state index in [1.165, 1.54) is 6.42 Å². The number of aliphatic hydroxyl groups is 1. The number of fused-ring (bicyclic) bond motifs is 1. The molecule has 1 saturated carbocycles. The van der Waals surface area contributed by atoms with E-state index >= 15 is 0 Å². The Hall–Kier alpha value is -0.120. The minimum Gasteiger partial charge on any atom is -0.396 e. The fourth-order valence-corrected chi connectivity index (χ4v) is 3.67. The molecule has 0 amide bonds. The third-order valence-electron chi connectivity index (χ3n) is 4.84. The SMILES string of the molecule is CCC(CCO)CNC1C2CCOC2C1(C)C. The summed E-state index contributed by atoms with van der Waals surface area (Å²) < 4.78 is 5.80. The summed E-state index contributed by atoms with van der Waals surface area (Å²) in [6.45, 7) is 9.10. The summed E-state index contributed by atoms with van der Waals surface area (Å²) in [5, 5.41) is 12.7. The zero-order valence-corrected chi connectivity index (χ0v) is 11.4. The topological polar surface area (TPSA) is 41.5 Å². The van der Waals surface area contributed by atoms with Crippen LogP contribution in [-0.2, 0) is 4.74 Å². The number of hydrogen-bond acceptors (Lipinski definition) is 3. The molecule has 0 spiro atoms. The number of nitrogens with one attached hydrogen (secondary N) is 1. The Balaban J connectivity index is 1.82. The second-order valence-corrected chi connectivity index (χ2v) is 6.24. The number of hydrogen-bond donors (Lipinski definition) is 2. The molecule has 4 atom stereocenters. The molecule has 1 aliphatic carbocycles. The van der Waals surface area contributed by atoms with Crippen LogP contribution in [0.5, 0.6) is 0 Å². The van der Waals surface area contributed by atoms with Gasteiger partial charge in [-0.25, -0.2) is 0 Å². The van der Waals surface area contributed by atoms with E-state index < -0.39 is 0 Å². The Morgan fingerprint density at radius 2 is 2.24 bits per heavy atom. The first-order chi connectivity index (χ1) is 8.11. The molecule has 0 aromatic heterocycles. The van der Waals surface area contributed by atoms with Gasteiger partial charge in [0.2, 0.25) is 0 Å². The molecule has 4 unspecified atom stereocenters. The van der Waals surface area contributed by atoms with Crippen molar-refractivity contribution in [3.8, 4) is 0 Å². The molecule has 0 aromatic rings. The van der Waals surface area contributed by atoms with Gasteiger partial charge in [-0.05, 0) is 25.3 Å². The summed E-state index contributed by atoms with van der Waals surface area (Å²) >= 11 is 0. The zero-order chi connectivity index (χ0) is 12.5. The predicted molar refractivity (Wildman–Crippen MR) is 68.9 cm³/mol. The smallest absolute Gasteiger partial charge is 0.0685 e. The highest BCUT2D eigenvalue weighted by atomic mass is 16.5. The maximum atomic E-state index is 9.01. The van der Waals surface area contributed by atoms with Gasteiger partial charge in [-0.1, -0.05) is 27.2 Å². The van der Waals surface area contributed by atoms with Gasteiger partial charge in [-0.15, -0.1) is 0 Å². The van der Waals surface area contributed by atoms with Crippen molar-refractivity contribution in [3.05, 3.63) is 0 Å². The highest BCUT2D eigenvalue weighted by molar-refractivity contribution is 5.11. The summed E-state index contributed by atoms with van der Waals surface area (Å²) in [5.74, 6) is 1.33. The van der Waals surface area contributed by atoms with Crippen LogP contribution in [0, 0.1) is 17.3 Å². The van der Waals surface area contributed by atoms with Crippen LogP contribution in [0.25, 0.3) is 0 Å². The molecule has 2 fully saturated rings. The lowest BCUT2D eigenvalue weighted by Crippen LogP contribution is -2.66. The van der Waals surface area contributed by atoms with Crippen LogP contribution < -0.4 is 5.32 Å². The lowest BCUT2D eigenvalue weighted by atomic mass is 9.57. The second kappa shape index (κ2) is 5.25. The average Bonchev–Trinajstić information content (AvgIpc) is 2.74. The summed E-state index contributed by atoms with van der Waals surface area (Å²) in [4.78, 5) is 0. The van der Waals surface area contributed by atoms with E-state index in [1.54, 1.807) is 0 Å². The van der Waals surface area contributed by atoms with Gasteiger partial charge < -0.3 is 15.2 Å². The Morgan fingerprint density at radius 3 is 2.88 bits per heavy atom. The van der Waals surface area contributed by atoms with E-state index in [0.717, 1.165) is 31.9 Å². The molecule has 17 heavy (non-hydrogen) atoms. The summed E-state index contributed by atoms with van der Waals surface area (Å²) in [5.41, 5.74) is 0.276. The van der Waals surface area contributed by atoms with E-state index in [9.17, 15) is 0 Å². The van der Waals surface area contributed by atoms with E-state index in [4.69, 9.17) is 9.84 Å². The Bertz CT molecular complexity index is 255. The van der Waals surface area contributed by atoms with Crippen molar-refractivity contribution in [3.63, 3.8) is 0 Å². The first-order valence-electron chi connectivity index (χ1n) is 7.07. The van der Waals surface area contributed by atoms with Crippen LogP contribution in [0.4, 0.5) is 0 Å². The molecular weight excluding hydrogens is 214 g/mol. The van der Waals surface area contributed by atoms with Gasteiger partial charge in [0.25, 0.3) is 0 Å². The van der Waals surface area contributed by atoms with Crippen molar-refractivity contribution in [2.24, 2.45) is 17.3 Å². The van der Waals surface area contributed by atoms with Gasteiger partial charge in [0.05, 0.1) is 6.10 Å². The van der Waals surface area contributed by atoms with Gasteiger partial charge in [0.15, 0.2) is 0 Å². The fourth-order valence-electron chi connectivity index (χ4n) is 3.67. The van der Waals surface area contributed by atoms with Gasteiger partial charge in [-0.3, -0.25) is 0 Å². The third kappa shape index (κ3) is 2.38. The Morgan fingerprint density at radius 1 is 1.47 bits per heavy atom. The molecule has 0 radical (unpaired) electrons. The minimum atomic E-state index is 0.276. The molecule has 100 valence electrons. The average molecular weight is 241 g/mol. The van der Waals surface area contributed by atoms with E-state index in [0.29, 0.717) is 24.7 Å². The van der Waals surface area contributed by atoms with Crippen molar-refractivity contribution >= 4 is 0 Å². The molecule has 2 aliphatic rings. The van der Waals surface area contributed by atoms with Crippen molar-refractivity contribution < 1.29 is 9.84 Å². The summed E-state index contributed by atoms with van der Waals surface area (Å²) in [7, 11) is 0. The lowest BCUT2D eigenvalue weighted by molar-refractivity contribution is -0.113. The maximum absolute atomic E-state index is 9.01. The normalized spacial score (nSPS) is 36.4. The summed E-state index contributed by atoms with van der Waals surface area (Å²) in [6, 6.07) is 0.600. The quantitative estimate of drug-likeness (QED) is 0.745. The van der Waals surface area contributed by atoms with Gasteiger partial charge in [-0.2, -0.15) is 0 Å². The van der Waals surface area contributed by atoms with Crippen LogP contribution in [0.3, 0.4) is 0 Å². The monoisotopic (exact) mass is 241 g/mol. The third-order valence-corrected chi connectivity index (χ3v) is 4.84. The van der Waals surface area contributed by atoms with Crippen LogP contribution in [-0.4, -0.2) is 37.0 Å². The maximum Gasteiger partial charge on any atom is 0.0685 e. The van der Waals surface area contributed by atoms with Crippen molar-refractivity contribution in [1.82, 2.24) is 5.32 Å². The molecule has 1 aliphatic heterocycles. The molecule has 3 heteroatoms. The Kier molecular flexibility index (Phi) is 4.11. The second-order valence-electron chi connectivity index (χ2n) is 6.24. The van der Waals surface area contributed by atoms with Crippen LogP contribution in [0.1, 0.15) is 40.0 Å². The van der Waals surface area contributed by atoms with Crippen LogP contribution in [0.2, 0.25) is 0 Å². The fraction of sp³-hybridized carbons (Fsp3) is 1.00. The van der Waals surface area contributed by atoms with Crippen molar-refractivity contribution in [2.75, 3.05) is 19.8 Å². The van der Waals surface area contributed by atoms with E-state index in [2.05, 4.69) is 26.1 Å². The molecule has 2 N–H and O–H groups in total. The molecule has 0 aromatic carbocycles. The number of ether oxygens (including phenoxy) is 1. The van der Waals surface area contributed by atoms with Crippen LogP contribution >= 0.6 is 0 Å². The number of rotatable bonds is 6. The number of aliphatic hydroxyl groups excluding tert-OH is 1. The first kappa shape index (κ1) is 13.3. The van der Waals surface area contributed by atoms with Gasteiger partial charge in [0, 0.05) is 30.6 Å². The summed E-state index contributed by atoms with van der Waals surface area (Å²) in [6.07, 6.45) is 3.74. The van der Waals surface area contributed by atoms with Crippen molar-refractivity contribution in [2.45, 2.75) is 52.2 Å². The largest absolute Gasteiger partial charge is 0.396 e. The minimum absolute atomic E-state index is 0.276. The van der Waals surface area contributed by atoms with E-state index in [1.807, 2.05) is 0 Å². The van der Waals surface area contributed by atoms with Crippen molar-refractivity contribution in [1.29, 1.82) is 0 Å². The predicted octanol–water partition coefficient (Wildman–Crippen LogP) is 1.80. The zero-order valence-electron chi connectivity index (χ0n) is 11.4. The highest BCUT2D eigenvalue weighted by Crippen LogP contribution is 2.52. The standard InChI is InChI=1S/C14H27NO2/c1-4-10(5-7-16)9-15-12-11-6-8-17-13(11)14(12,2)3/h10-13,15-16H,4-9H2,1-3H3. The molecule has 3 nitrogen and oxygen atoms in total. The van der Waals surface area contributed by atoms with Gasteiger partial charge in [0.1, 0.15) is 0 Å². The molecular formula is C14H27NO2. The van der Waals surface area contributed by atoms with Crippen LogP contribution in [0.15, 0.2) is 0 Å². The highest BCUT2D eigenvalue weighted by Gasteiger charge is 2.58. The molecule has 2 rings (SSSR count). The van der Waals surface area contributed by atoms with E-state index in [-0.39, 0.29) is 5.41 Å². The Labute approximate surface area is 105 Å². The molecule has 1 saturated heterocycles. The van der Waals surface area contributed by atoms with Gasteiger partial charge >= 0.3 is 0 Å². The molecule has 1 heterocycles. The lowest BCUT2D eigenvalue weighted by Gasteiger charge is -2.55. The first-order valence-corrected chi connectivity index (χ1v) is 7.07.